The molecule has 0 fully saturated rings. The second-order valence-corrected chi connectivity index (χ2v) is 8.01. The Morgan fingerprint density at radius 3 is 2.77 bits per heavy atom. The van der Waals surface area contributed by atoms with Crippen molar-refractivity contribution in [3.05, 3.63) is 87.2 Å². The predicted molar refractivity (Wildman–Crippen MR) is 115 cm³/mol. The summed E-state index contributed by atoms with van der Waals surface area (Å²) < 4.78 is 0. The van der Waals surface area contributed by atoms with Crippen LogP contribution in [0.15, 0.2) is 48.5 Å². The van der Waals surface area contributed by atoms with Crippen molar-refractivity contribution >= 4 is 23.4 Å². The number of nitrogens with one attached hydrogen (secondary N) is 2. The molecule has 1 aliphatic rings. The summed E-state index contributed by atoms with van der Waals surface area (Å²) in [4.78, 5) is 27.3. The van der Waals surface area contributed by atoms with Gasteiger partial charge in [0, 0.05) is 42.3 Å². The normalized spacial score (nSPS) is 13.1. The number of amides is 2. The van der Waals surface area contributed by atoms with Crippen LogP contribution >= 0.6 is 11.6 Å². The van der Waals surface area contributed by atoms with E-state index < -0.39 is 0 Å². The number of aromatic nitrogens is 2. The summed E-state index contributed by atoms with van der Waals surface area (Å²) in [7, 11) is 0. The fourth-order valence-electron chi connectivity index (χ4n) is 3.72. The molecule has 6 nitrogen and oxygen atoms in total. The molecule has 0 spiro atoms. The topological polar surface area (TPSA) is 78.1 Å². The molecule has 0 radical (unpaired) electrons. The maximum Gasteiger partial charge on any atom is 0.272 e. The fourth-order valence-corrected chi connectivity index (χ4v) is 3.93. The van der Waals surface area contributed by atoms with Crippen LogP contribution in [0.2, 0.25) is 5.02 Å². The van der Waals surface area contributed by atoms with Crippen molar-refractivity contribution < 1.29 is 9.59 Å². The molecule has 1 aromatic heterocycles. The molecule has 7 heteroatoms. The van der Waals surface area contributed by atoms with Gasteiger partial charge in [-0.2, -0.15) is 5.10 Å². The van der Waals surface area contributed by atoms with Gasteiger partial charge >= 0.3 is 0 Å². The lowest BCUT2D eigenvalue weighted by molar-refractivity contribution is -0.131. The average Bonchev–Trinajstić information content (AvgIpc) is 3.15. The van der Waals surface area contributed by atoms with E-state index in [9.17, 15) is 9.59 Å². The van der Waals surface area contributed by atoms with Gasteiger partial charge in [0.05, 0.1) is 6.42 Å². The van der Waals surface area contributed by atoms with Gasteiger partial charge in [0.15, 0.2) is 5.69 Å². The molecule has 3 aromatic rings. The molecule has 0 atom stereocenters. The maximum absolute atomic E-state index is 12.8. The average molecular weight is 423 g/mol. The summed E-state index contributed by atoms with van der Waals surface area (Å²) in [6.07, 6.45) is 0.928. The number of nitrogens with zero attached hydrogens (tertiary/aromatic N) is 2. The van der Waals surface area contributed by atoms with Gasteiger partial charge in [-0.25, -0.2) is 0 Å². The van der Waals surface area contributed by atoms with Crippen molar-refractivity contribution in [1.29, 1.82) is 0 Å². The minimum absolute atomic E-state index is 0.00948. The summed E-state index contributed by atoms with van der Waals surface area (Å²) >= 11 is 6.02. The van der Waals surface area contributed by atoms with E-state index in [1.807, 2.05) is 43.3 Å². The van der Waals surface area contributed by atoms with Crippen LogP contribution in [0.3, 0.4) is 0 Å². The quantitative estimate of drug-likeness (QED) is 0.661. The zero-order valence-electron chi connectivity index (χ0n) is 16.7. The van der Waals surface area contributed by atoms with E-state index in [-0.39, 0.29) is 18.2 Å². The molecule has 0 unspecified atom stereocenters. The first-order valence-corrected chi connectivity index (χ1v) is 10.3. The molecule has 154 valence electrons. The summed E-state index contributed by atoms with van der Waals surface area (Å²) in [5.74, 6) is -0.228. The molecule has 2 aromatic carbocycles. The van der Waals surface area contributed by atoms with Crippen LogP contribution in [0.1, 0.15) is 38.4 Å². The van der Waals surface area contributed by atoms with Crippen LogP contribution in [-0.2, 0) is 30.7 Å². The lowest BCUT2D eigenvalue weighted by atomic mass is 10.0. The monoisotopic (exact) mass is 422 g/mol. The van der Waals surface area contributed by atoms with E-state index in [0.29, 0.717) is 36.8 Å². The van der Waals surface area contributed by atoms with Crippen molar-refractivity contribution in [3.8, 4) is 0 Å². The highest BCUT2D eigenvalue weighted by Crippen LogP contribution is 2.22. The predicted octanol–water partition coefficient (Wildman–Crippen LogP) is 3.43. The number of carbonyl (C=O) groups is 2. The lowest BCUT2D eigenvalue weighted by Crippen LogP contribution is -2.37. The Morgan fingerprint density at radius 2 is 1.97 bits per heavy atom. The first kappa shape index (κ1) is 20.2. The zero-order chi connectivity index (χ0) is 21.1. The molecular weight excluding hydrogens is 400 g/mol. The number of benzene rings is 2. The fraction of sp³-hybridized carbons (Fsp3) is 0.261. The largest absolute Gasteiger partial charge is 0.347 e. The minimum atomic E-state index is -0.238. The van der Waals surface area contributed by atoms with Gasteiger partial charge in [-0.05, 0) is 30.2 Å². The third kappa shape index (κ3) is 4.54. The number of aromatic amines is 1. The van der Waals surface area contributed by atoms with Crippen LogP contribution in [0.25, 0.3) is 0 Å². The molecule has 1 aliphatic heterocycles. The second-order valence-electron chi connectivity index (χ2n) is 7.57. The van der Waals surface area contributed by atoms with Crippen molar-refractivity contribution in [2.24, 2.45) is 0 Å². The first-order valence-electron chi connectivity index (χ1n) is 9.91. The molecule has 2 amide bonds. The van der Waals surface area contributed by atoms with E-state index in [4.69, 9.17) is 11.6 Å². The van der Waals surface area contributed by atoms with Crippen molar-refractivity contribution in [2.75, 3.05) is 6.54 Å². The molecule has 0 bridgehead atoms. The highest BCUT2D eigenvalue weighted by molar-refractivity contribution is 6.30. The number of rotatable bonds is 5. The van der Waals surface area contributed by atoms with Gasteiger partial charge in [0.25, 0.3) is 5.91 Å². The highest BCUT2D eigenvalue weighted by Gasteiger charge is 2.27. The van der Waals surface area contributed by atoms with Crippen LogP contribution < -0.4 is 5.32 Å². The van der Waals surface area contributed by atoms with E-state index in [2.05, 4.69) is 15.5 Å². The van der Waals surface area contributed by atoms with Crippen LogP contribution in [0, 0.1) is 6.92 Å². The molecule has 2 heterocycles. The molecule has 30 heavy (non-hydrogen) atoms. The lowest BCUT2D eigenvalue weighted by Gasteiger charge is -2.27. The Balaban J connectivity index is 1.42. The SMILES string of the molecule is Cc1cccc(CNC(=O)c2n[nH]c3c2CN(C(=O)Cc2cccc(Cl)c2)CC3)c1. The Bertz CT molecular complexity index is 1090. The number of hydrogen-bond acceptors (Lipinski definition) is 3. The Labute approximate surface area is 180 Å². The Hall–Kier alpha value is -3.12. The maximum atomic E-state index is 12.8. The van der Waals surface area contributed by atoms with Gasteiger partial charge < -0.3 is 10.2 Å². The third-order valence-corrected chi connectivity index (χ3v) is 5.52. The zero-order valence-corrected chi connectivity index (χ0v) is 17.5. The van der Waals surface area contributed by atoms with Crippen LogP contribution in [-0.4, -0.2) is 33.5 Å². The van der Waals surface area contributed by atoms with Gasteiger partial charge in [0.1, 0.15) is 0 Å². The number of halogens is 1. The standard InChI is InChI=1S/C23H23ClN4O2/c1-15-4-2-6-17(10-15)13-25-23(30)22-19-14-28(9-8-20(19)26-27-22)21(29)12-16-5-3-7-18(24)11-16/h2-7,10-11H,8-9,12-14H2,1H3,(H,25,30)(H,26,27). The summed E-state index contributed by atoms with van der Waals surface area (Å²) in [5, 5.41) is 10.7. The Kier molecular flexibility index (Phi) is 5.86. The molecule has 2 N–H and O–H groups in total. The molecule has 4 rings (SSSR count). The third-order valence-electron chi connectivity index (χ3n) is 5.28. The summed E-state index contributed by atoms with van der Waals surface area (Å²) in [5.41, 5.74) is 5.13. The molecule has 0 saturated carbocycles. The van der Waals surface area contributed by atoms with Crippen molar-refractivity contribution in [1.82, 2.24) is 20.4 Å². The van der Waals surface area contributed by atoms with E-state index in [0.717, 1.165) is 27.9 Å². The number of aryl methyl sites for hydroxylation is 1. The van der Waals surface area contributed by atoms with Crippen LogP contribution in [0.4, 0.5) is 0 Å². The Morgan fingerprint density at radius 1 is 1.17 bits per heavy atom. The number of hydrogen-bond donors (Lipinski definition) is 2. The minimum Gasteiger partial charge on any atom is -0.347 e. The summed E-state index contributed by atoms with van der Waals surface area (Å²) in [6.45, 7) is 3.42. The second kappa shape index (κ2) is 8.71. The van der Waals surface area contributed by atoms with Gasteiger partial charge in [-0.1, -0.05) is 53.6 Å². The number of fused-ring (bicyclic) bond motifs is 1. The summed E-state index contributed by atoms with van der Waals surface area (Å²) in [6, 6.07) is 15.3. The molecule has 0 saturated heterocycles. The molecular formula is C23H23ClN4O2. The van der Waals surface area contributed by atoms with E-state index in [1.165, 1.54) is 0 Å². The first-order chi connectivity index (χ1) is 14.5. The smallest absolute Gasteiger partial charge is 0.272 e. The van der Waals surface area contributed by atoms with Crippen molar-refractivity contribution in [3.63, 3.8) is 0 Å². The van der Waals surface area contributed by atoms with Gasteiger partial charge in [0.2, 0.25) is 5.91 Å². The van der Waals surface area contributed by atoms with Crippen molar-refractivity contribution in [2.45, 2.75) is 32.9 Å². The highest BCUT2D eigenvalue weighted by atomic mass is 35.5. The van der Waals surface area contributed by atoms with Crippen LogP contribution in [0.5, 0.6) is 0 Å². The van der Waals surface area contributed by atoms with Gasteiger partial charge in [-0.15, -0.1) is 0 Å². The van der Waals surface area contributed by atoms with E-state index in [1.54, 1.807) is 17.0 Å². The molecule has 0 aliphatic carbocycles. The van der Waals surface area contributed by atoms with Gasteiger partial charge in [-0.3, -0.25) is 14.7 Å². The number of H-pyrrole nitrogens is 1. The van der Waals surface area contributed by atoms with E-state index >= 15 is 0 Å². The number of carbonyl (C=O) groups excluding carboxylic acids is 2.